The highest BCUT2D eigenvalue weighted by atomic mass is 19.4. The van der Waals surface area contributed by atoms with E-state index in [-0.39, 0.29) is 5.82 Å². The molecule has 0 atom stereocenters. The van der Waals surface area contributed by atoms with Gasteiger partial charge in [-0.05, 0) is 31.9 Å². The zero-order valence-corrected chi connectivity index (χ0v) is 10.6. The first kappa shape index (κ1) is 15.0. The van der Waals surface area contributed by atoms with Crippen LogP contribution in [-0.4, -0.2) is 28.9 Å². The summed E-state index contributed by atoms with van der Waals surface area (Å²) >= 11 is 0. The summed E-state index contributed by atoms with van der Waals surface area (Å²) in [5, 5.41) is 9.28. The number of hydrazine groups is 1. The topological polar surface area (TPSA) is 78.9 Å². The zero-order valence-electron chi connectivity index (χ0n) is 10.6. The number of carbonyl (C=O) groups excluding carboxylic acids is 1. The van der Waals surface area contributed by atoms with Gasteiger partial charge in [-0.1, -0.05) is 0 Å². The van der Waals surface area contributed by atoms with Gasteiger partial charge in [-0.25, -0.2) is 4.79 Å². The number of anilines is 1. The van der Waals surface area contributed by atoms with Crippen molar-refractivity contribution in [1.82, 2.24) is 20.9 Å². The highest BCUT2D eigenvalue weighted by Crippen LogP contribution is 2.15. The maximum absolute atomic E-state index is 11.9. The molecule has 0 bridgehead atoms. The summed E-state index contributed by atoms with van der Waals surface area (Å²) in [5.41, 5.74) is 6.85. The fourth-order valence-corrected chi connectivity index (χ4v) is 1.18. The van der Waals surface area contributed by atoms with Crippen molar-refractivity contribution in [2.45, 2.75) is 26.9 Å². The Morgan fingerprint density at radius 3 is 2.37 bits per heavy atom. The van der Waals surface area contributed by atoms with Crippen LogP contribution in [0.15, 0.2) is 0 Å². The molecule has 2 amide bonds. The van der Waals surface area contributed by atoms with Crippen LogP contribution in [0.1, 0.15) is 16.8 Å². The van der Waals surface area contributed by atoms with Crippen LogP contribution in [0, 0.1) is 20.8 Å². The highest BCUT2D eigenvalue weighted by Gasteiger charge is 2.27. The number of nitrogens with zero attached hydrogens (tertiary/aromatic N) is 2. The number of hydrogen-bond donors (Lipinski definition) is 3. The molecule has 0 saturated heterocycles. The molecule has 9 heteroatoms. The maximum Gasteiger partial charge on any atom is 0.405 e. The van der Waals surface area contributed by atoms with Crippen LogP contribution in [0.5, 0.6) is 0 Å². The third-order valence-electron chi connectivity index (χ3n) is 2.50. The van der Waals surface area contributed by atoms with E-state index in [1.54, 1.807) is 19.2 Å². The third kappa shape index (κ3) is 4.60. The second kappa shape index (κ2) is 5.72. The Morgan fingerprint density at radius 2 is 1.79 bits per heavy atom. The van der Waals surface area contributed by atoms with Gasteiger partial charge >= 0.3 is 12.2 Å². The van der Waals surface area contributed by atoms with Crippen molar-refractivity contribution in [3.63, 3.8) is 0 Å². The molecule has 0 radical (unpaired) electrons. The van der Waals surface area contributed by atoms with Crippen LogP contribution >= 0.6 is 0 Å². The SMILES string of the molecule is Cc1nnc(NNC(=O)NCC(F)(F)F)c(C)c1C. The normalized spacial score (nSPS) is 11.1. The van der Waals surface area contributed by atoms with Gasteiger partial charge in [0.2, 0.25) is 0 Å². The molecule has 0 aliphatic heterocycles. The lowest BCUT2D eigenvalue weighted by Gasteiger charge is -2.13. The monoisotopic (exact) mass is 277 g/mol. The summed E-state index contributed by atoms with van der Waals surface area (Å²) in [6.07, 6.45) is -4.45. The van der Waals surface area contributed by atoms with Gasteiger partial charge in [0.15, 0.2) is 5.82 Å². The molecule has 6 nitrogen and oxygen atoms in total. The van der Waals surface area contributed by atoms with E-state index in [9.17, 15) is 18.0 Å². The highest BCUT2D eigenvalue weighted by molar-refractivity contribution is 5.75. The van der Waals surface area contributed by atoms with Gasteiger partial charge < -0.3 is 5.32 Å². The number of halogens is 3. The molecule has 1 heterocycles. The Hall–Kier alpha value is -2.06. The minimum Gasteiger partial charge on any atom is -0.328 e. The van der Waals surface area contributed by atoms with Crippen molar-refractivity contribution in [1.29, 1.82) is 0 Å². The summed E-state index contributed by atoms with van der Waals surface area (Å²) in [5.74, 6) is 0.283. The van der Waals surface area contributed by atoms with Crippen LogP contribution in [0.4, 0.5) is 23.8 Å². The lowest BCUT2D eigenvalue weighted by molar-refractivity contribution is -0.122. The van der Waals surface area contributed by atoms with Gasteiger partial charge in [0, 0.05) is 0 Å². The van der Waals surface area contributed by atoms with Gasteiger partial charge in [0.25, 0.3) is 0 Å². The van der Waals surface area contributed by atoms with Gasteiger partial charge in [0.05, 0.1) is 5.69 Å². The summed E-state index contributed by atoms with van der Waals surface area (Å²) in [4.78, 5) is 11.1. The molecule has 0 unspecified atom stereocenters. The number of hydrogen-bond acceptors (Lipinski definition) is 4. The number of rotatable bonds is 3. The third-order valence-corrected chi connectivity index (χ3v) is 2.50. The Bertz CT molecular complexity index is 475. The van der Waals surface area contributed by atoms with E-state index in [2.05, 4.69) is 21.0 Å². The predicted octanol–water partition coefficient (Wildman–Crippen LogP) is 1.59. The largest absolute Gasteiger partial charge is 0.405 e. The van der Waals surface area contributed by atoms with Crippen LogP contribution in [0.2, 0.25) is 0 Å². The number of aryl methyl sites for hydroxylation is 1. The van der Waals surface area contributed by atoms with E-state index in [0.717, 1.165) is 16.8 Å². The number of alkyl halides is 3. The van der Waals surface area contributed by atoms with E-state index >= 15 is 0 Å². The lowest BCUT2D eigenvalue weighted by Crippen LogP contribution is -2.43. The summed E-state index contributed by atoms with van der Waals surface area (Å²) < 4.78 is 35.6. The van der Waals surface area contributed by atoms with Crippen molar-refractivity contribution in [2.24, 2.45) is 0 Å². The first-order chi connectivity index (χ1) is 8.70. The minimum atomic E-state index is -4.45. The van der Waals surface area contributed by atoms with E-state index in [0.29, 0.717) is 0 Å². The van der Waals surface area contributed by atoms with E-state index < -0.39 is 18.8 Å². The minimum absolute atomic E-state index is 0.283. The number of carbonyl (C=O) groups is 1. The molecule has 0 aromatic carbocycles. The maximum atomic E-state index is 11.9. The van der Waals surface area contributed by atoms with Gasteiger partial charge in [-0.15, -0.1) is 5.10 Å². The smallest absolute Gasteiger partial charge is 0.328 e. The number of urea groups is 1. The second-order valence-corrected chi connectivity index (χ2v) is 3.93. The molecule has 0 saturated carbocycles. The van der Waals surface area contributed by atoms with Crippen molar-refractivity contribution in [3.05, 3.63) is 16.8 Å². The van der Waals surface area contributed by atoms with Crippen molar-refractivity contribution in [3.8, 4) is 0 Å². The molecule has 3 N–H and O–H groups in total. The standard InChI is InChI=1S/C10H14F3N5O/c1-5-6(2)8(16-15-7(5)3)17-18-9(19)14-4-10(11,12)13/h4H2,1-3H3,(H,16,17)(H2,14,18,19). The lowest BCUT2D eigenvalue weighted by atomic mass is 10.1. The van der Waals surface area contributed by atoms with Crippen molar-refractivity contribution < 1.29 is 18.0 Å². The van der Waals surface area contributed by atoms with Crippen LogP contribution in [0.3, 0.4) is 0 Å². The molecule has 0 spiro atoms. The predicted molar refractivity (Wildman–Crippen MR) is 62.5 cm³/mol. The summed E-state index contributed by atoms with van der Waals surface area (Å²) in [6.45, 7) is 3.96. The van der Waals surface area contributed by atoms with Crippen molar-refractivity contribution >= 4 is 11.8 Å². The van der Waals surface area contributed by atoms with E-state index in [4.69, 9.17) is 0 Å². The van der Waals surface area contributed by atoms with E-state index in [1.165, 1.54) is 0 Å². The van der Waals surface area contributed by atoms with Crippen LogP contribution in [0.25, 0.3) is 0 Å². The average Bonchev–Trinajstić information content (AvgIpc) is 2.32. The first-order valence-electron chi connectivity index (χ1n) is 5.38. The van der Waals surface area contributed by atoms with Crippen LogP contribution in [-0.2, 0) is 0 Å². The molecule has 1 rings (SSSR count). The number of aromatic nitrogens is 2. The summed E-state index contributed by atoms with van der Waals surface area (Å²) in [6, 6.07) is -1.00. The van der Waals surface area contributed by atoms with E-state index in [1.807, 2.05) is 6.92 Å². The fourth-order valence-electron chi connectivity index (χ4n) is 1.18. The molecule has 0 aliphatic carbocycles. The molecular weight excluding hydrogens is 263 g/mol. The Morgan fingerprint density at radius 1 is 1.16 bits per heavy atom. The average molecular weight is 277 g/mol. The molecule has 1 aromatic heterocycles. The quantitative estimate of drug-likeness (QED) is 0.733. The molecule has 0 fully saturated rings. The van der Waals surface area contributed by atoms with Gasteiger partial charge in [-0.3, -0.25) is 10.9 Å². The molecule has 19 heavy (non-hydrogen) atoms. The number of nitrogens with one attached hydrogen (secondary N) is 3. The Kier molecular flexibility index (Phi) is 4.52. The zero-order chi connectivity index (χ0) is 14.6. The molecular formula is C10H14F3N5O. The van der Waals surface area contributed by atoms with Crippen molar-refractivity contribution in [2.75, 3.05) is 12.0 Å². The Labute approximate surface area is 107 Å². The van der Waals surface area contributed by atoms with Gasteiger partial charge in [-0.2, -0.15) is 18.3 Å². The summed E-state index contributed by atoms with van der Waals surface area (Å²) in [7, 11) is 0. The van der Waals surface area contributed by atoms with Crippen LogP contribution < -0.4 is 16.2 Å². The molecule has 106 valence electrons. The fraction of sp³-hybridized carbons (Fsp3) is 0.500. The molecule has 1 aromatic rings. The second-order valence-electron chi connectivity index (χ2n) is 3.93. The first-order valence-corrected chi connectivity index (χ1v) is 5.38. The number of amides is 2. The Balaban J connectivity index is 2.54. The molecule has 0 aliphatic rings. The van der Waals surface area contributed by atoms with Gasteiger partial charge in [0.1, 0.15) is 6.54 Å².